The van der Waals surface area contributed by atoms with Gasteiger partial charge in [-0.15, -0.1) is 5.10 Å². The van der Waals surface area contributed by atoms with E-state index >= 15 is 0 Å². The summed E-state index contributed by atoms with van der Waals surface area (Å²) in [5.41, 5.74) is 0. The Kier molecular flexibility index (Phi) is 22.5. The molecule has 1 aromatic rings. The first-order valence-electron chi connectivity index (χ1n) is 19.9. The number of hydrogen-bond donors (Lipinski definition) is 11. The van der Waals surface area contributed by atoms with Gasteiger partial charge >= 0.3 is 0 Å². The van der Waals surface area contributed by atoms with E-state index in [1.807, 2.05) is 0 Å². The number of amides is 2. The van der Waals surface area contributed by atoms with Crippen molar-refractivity contribution in [3.05, 3.63) is 6.20 Å². The van der Waals surface area contributed by atoms with Gasteiger partial charge in [0.2, 0.25) is 11.8 Å². The number of carbonyl (C=O) groups is 2. The van der Waals surface area contributed by atoms with Crippen molar-refractivity contribution in [1.29, 1.82) is 0 Å². The number of anilines is 1. The number of nitrogens with one attached hydrogen (secondary N) is 2. The number of rotatable bonds is 27. The molecule has 1 aromatic heterocycles. The lowest BCUT2D eigenvalue weighted by molar-refractivity contribution is -0.347. The van der Waals surface area contributed by atoms with Gasteiger partial charge in [-0.3, -0.25) is 9.59 Å². The average molecular weight is 824 g/mol. The van der Waals surface area contributed by atoms with Gasteiger partial charge in [-0.2, -0.15) is 11.8 Å². The van der Waals surface area contributed by atoms with E-state index in [0.29, 0.717) is 6.42 Å². The third-order valence-corrected chi connectivity index (χ3v) is 11.2. The zero-order valence-corrected chi connectivity index (χ0v) is 33.1. The van der Waals surface area contributed by atoms with Crippen LogP contribution in [0, 0.1) is 0 Å². The van der Waals surface area contributed by atoms with Gasteiger partial charge in [-0.05, 0) is 6.42 Å². The summed E-state index contributed by atoms with van der Waals surface area (Å²) in [6.45, 7) is 0.273. The second kappa shape index (κ2) is 26.1. The van der Waals surface area contributed by atoms with Gasteiger partial charge in [-0.1, -0.05) is 89.2 Å². The third kappa shape index (κ3) is 15.3. The number of hydrogen-bond acceptors (Lipinski definition) is 17. The van der Waals surface area contributed by atoms with Crippen LogP contribution in [0.25, 0.3) is 0 Å². The fraction of sp³-hybridized carbons (Fsp3) is 0.889. The van der Waals surface area contributed by atoms with Gasteiger partial charge < -0.3 is 70.8 Å². The zero-order valence-electron chi connectivity index (χ0n) is 32.3. The molecule has 3 rings (SSSR count). The Balaban J connectivity index is 1.51. The van der Waals surface area contributed by atoms with Crippen molar-refractivity contribution in [3.8, 4) is 0 Å². The Hall–Kier alpha value is -2.05. The monoisotopic (exact) mass is 823 g/mol. The highest BCUT2D eigenvalue weighted by Gasteiger charge is 2.51. The number of nitrogens with zero attached hydrogens (tertiary/aromatic N) is 3. The van der Waals surface area contributed by atoms with Crippen LogP contribution in [-0.4, -0.2) is 171 Å². The molecule has 2 aliphatic heterocycles. The minimum absolute atomic E-state index is 0.0754. The van der Waals surface area contributed by atoms with Crippen molar-refractivity contribution in [2.75, 3.05) is 36.6 Å². The number of aliphatic hydroxyl groups is 9. The molecular formula is C36H65N5O14S. The Morgan fingerprint density at radius 3 is 2.00 bits per heavy atom. The Morgan fingerprint density at radius 2 is 1.41 bits per heavy atom. The van der Waals surface area contributed by atoms with E-state index < -0.39 is 99.2 Å². The quantitative estimate of drug-likeness (QED) is 0.0478. The fourth-order valence-corrected chi connectivity index (χ4v) is 7.57. The van der Waals surface area contributed by atoms with Crippen LogP contribution in [0.3, 0.4) is 0 Å². The van der Waals surface area contributed by atoms with Gasteiger partial charge in [-0.25, -0.2) is 4.68 Å². The molecule has 9 unspecified atom stereocenters. The van der Waals surface area contributed by atoms with Gasteiger partial charge in [0.1, 0.15) is 54.9 Å². The van der Waals surface area contributed by atoms with Crippen molar-refractivity contribution in [1.82, 2.24) is 20.3 Å². The molecule has 20 heteroatoms. The molecule has 11 N–H and O–H groups in total. The summed E-state index contributed by atoms with van der Waals surface area (Å²) < 4.78 is 17.7. The van der Waals surface area contributed by atoms with Crippen molar-refractivity contribution in [3.63, 3.8) is 0 Å². The van der Waals surface area contributed by atoms with Crippen LogP contribution in [0.1, 0.15) is 103 Å². The highest BCUT2D eigenvalue weighted by molar-refractivity contribution is 7.99. The Labute approximate surface area is 332 Å². The Bertz CT molecular complexity index is 1250. The maximum Gasteiger partial charge on any atom is 0.249 e. The molecule has 324 valence electrons. The van der Waals surface area contributed by atoms with Crippen LogP contribution in [-0.2, 0) is 23.8 Å². The van der Waals surface area contributed by atoms with Crippen molar-refractivity contribution < 1.29 is 69.8 Å². The number of thioether (sulfide) groups is 1. The predicted molar refractivity (Wildman–Crippen MR) is 203 cm³/mol. The summed E-state index contributed by atoms with van der Waals surface area (Å²) in [6.07, 6.45) is -0.535. The predicted octanol–water partition coefficient (Wildman–Crippen LogP) is -0.934. The minimum atomic E-state index is -1.82. The maximum absolute atomic E-state index is 13.3. The van der Waals surface area contributed by atoms with Crippen LogP contribution in [0.15, 0.2) is 6.20 Å². The molecule has 3 heterocycles. The molecule has 0 saturated carbocycles. The summed E-state index contributed by atoms with van der Waals surface area (Å²) in [4.78, 5) is 26.2. The molecule has 2 saturated heterocycles. The lowest BCUT2D eigenvalue weighted by Gasteiger charge is -2.45. The van der Waals surface area contributed by atoms with E-state index in [1.54, 1.807) is 0 Å². The molecule has 0 bridgehead atoms. The number of ether oxygens (including phenoxy) is 3. The molecule has 12 atom stereocenters. The van der Waals surface area contributed by atoms with Crippen LogP contribution in [0.4, 0.5) is 5.82 Å². The van der Waals surface area contributed by atoms with Crippen molar-refractivity contribution >= 4 is 29.4 Å². The van der Waals surface area contributed by atoms with E-state index in [2.05, 4.69) is 27.9 Å². The van der Waals surface area contributed by atoms with Crippen LogP contribution in [0.2, 0.25) is 0 Å². The van der Waals surface area contributed by atoms with E-state index in [1.165, 1.54) is 64.0 Å². The molecular weight excluding hydrogens is 758 g/mol. The topological polar surface area (TPSA) is 299 Å². The largest absolute Gasteiger partial charge is 0.394 e. The smallest absolute Gasteiger partial charge is 0.249 e. The first-order valence-corrected chi connectivity index (χ1v) is 21.1. The van der Waals surface area contributed by atoms with E-state index in [9.17, 15) is 55.5 Å². The second-order valence-corrected chi connectivity index (χ2v) is 15.7. The van der Waals surface area contributed by atoms with Gasteiger partial charge in [0.05, 0.1) is 32.1 Å². The van der Waals surface area contributed by atoms with Gasteiger partial charge in [0.15, 0.2) is 18.3 Å². The molecule has 2 fully saturated rings. The summed E-state index contributed by atoms with van der Waals surface area (Å²) in [6, 6.07) is -1.04. The zero-order chi connectivity index (χ0) is 41.0. The molecule has 56 heavy (non-hydrogen) atoms. The van der Waals surface area contributed by atoms with Gasteiger partial charge in [0.25, 0.3) is 0 Å². The first-order chi connectivity index (χ1) is 26.9. The first kappa shape index (κ1) is 48.3. The van der Waals surface area contributed by atoms with Crippen LogP contribution < -0.4 is 10.6 Å². The molecule has 0 aliphatic carbocycles. The average Bonchev–Trinajstić information content (AvgIpc) is 3.65. The molecule has 2 amide bonds. The lowest BCUT2D eigenvalue weighted by atomic mass is 9.96. The Morgan fingerprint density at radius 1 is 0.804 bits per heavy atom. The van der Waals surface area contributed by atoms with Crippen molar-refractivity contribution in [2.45, 2.75) is 170 Å². The highest BCUT2D eigenvalue weighted by Crippen LogP contribution is 2.33. The summed E-state index contributed by atoms with van der Waals surface area (Å²) in [7, 11) is 0. The normalized spacial score (nSPS) is 29.2. The number of carbonyl (C=O) groups excluding carboxylic acids is 2. The summed E-state index contributed by atoms with van der Waals surface area (Å²) in [5.74, 6) is -0.864. The minimum Gasteiger partial charge on any atom is -0.394 e. The van der Waals surface area contributed by atoms with Gasteiger partial charge in [0, 0.05) is 17.9 Å². The fourth-order valence-electron chi connectivity index (χ4n) is 6.59. The molecule has 0 aromatic carbocycles. The number of aromatic nitrogens is 3. The standard InChI is InChI=1S/C36H65N5O14S/c1-2-3-4-5-6-7-8-9-10-11-12-13-14-15-27(46)37-23(21-56-20-22(45)17-42)34(52)38-26-16-41(40-39-26)35-31(50)30(49)33(25(19-44)53-35)55-36-32(51)29(48)28(47)24(18-43)54-36/h16,22-25,28-33,35-36,42-45,47-51H,2-15,17-21H2,1H3,(H,37,46)(H,38,52)/t22-,23-,24?,25?,28?,29?,30?,31?,32?,33?,35-,36?/m1/s1. The van der Waals surface area contributed by atoms with E-state index in [0.717, 1.165) is 35.7 Å². The maximum atomic E-state index is 13.3. The van der Waals surface area contributed by atoms with Crippen LogP contribution >= 0.6 is 11.8 Å². The second-order valence-electron chi connectivity index (χ2n) is 14.6. The highest BCUT2D eigenvalue weighted by atomic mass is 32.2. The van der Waals surface area contributed by atoms with Crippen LogP contribution in [0.5, 0.6) is 0 Å². The van der Waals surface area contributed by atoms with Crippen molar-refractivity contribution in [2.24, 2.45) is 0 Å². The van der Waals surface area contributed by atoms with E-state index in [-0.39, 0.29) is 29.7 Å². The van der Waals surface area contributed by atoms with E-state index in [4.69, 9.17) is 14.2 Å². The molecule has 0 spiro atoms. The SMILES string of the molecule is CCCCCCCCCCCCCCCC(=O)N[C@H](CSC[C@H](O)CO)C(=O)Nc1cn([C@@H]2OC(CO)C(OC3OC(CO)C(O)C(O)C3O)C(O)C2O)nn1. The number of unbranched alkanes of at least 4 members (excludes halogenated alkanes) is 12. The third-order valence-electron chi connectivity index (χ3n) is 9.97. The molecule has 0 radical (unpaired) electrons. The lowest BCUT2D eigenvalue weighted by Crippen LogP contribution is -2.63. The number of aliphatic hydroxyl groups excluding tert-OH is 9. The summed E-state index contributed by atoms with van der Waals surface area (Å²) >= 11 is 1.16. The molecule has 2 aliphatic rings. The summed E-state index contributed by atoms with van der Waals surface area (Å²) in [5, 5.41) is 104. The molecule has 19 nitrogen and oxygen atoms in total.